The van der Waals surface area contributed by atoms with Crippen LogP contribution < -0.4 is 10.6 Å². The van der Waals surface area contributed by atoms with E-state index in [-0.39, 0.29) is 47.8 Å². The monoisotopic (exact) mass is 854 g/mol. The first-order valence-electron chi connectivity index (χ1n) is 20.3. The molecule has 8 atom stereocenters. The van der Waals surface area contributed by atoms with E-state index in [0.717, 1.165) is 47.9 Å². The smallest absolute Gasteiger partial charge is 0.407 e. The van der Waals surface area contributed by atoms with Gasteiger partial charge in [0.1, 0.15) is 45.4 Å². The Labute approximate surface area is 358 Å². The van der Waals surface area contributed by atoms with E-state index in [1.165, 1.54) is 14.2 Å². The third-order valence-electron chi connectivity index (χ3n) is 12.2. The van der Waals surface area contributed by atoms with Gasteiger partial charge in [0.05, 0.1) is 26.3 Å². The number of methoxy groups -OCH3 is 2. The van der Waals surface area contributed by atoms with Crippen molar-refractivity contribution in [3.63, 3.8) is 0 Å². The van der Waals surface area contributed by atoms with Gasteiger partial charge in [0.15, 0.2) is 0 Å². The molecule has 4 fully saturated rings. The maximum Gasteiger partial charge on any atom is 0.407 e. The van der Waals surface area contributed by atoms with Crippen LogP contribution >= 0.6 is 23.2 Å². The second kappa shape index (κ2) is 16.5. The number of amides is 4. The fourth-order valence-corrected chi connectivity index (χ4v) is 9.26. The van der Waals surface area contributed by atoms with Crippen molar-refractivity contribution in [1.82, 2.24) is 40.4 Å². The lowest BCUT2D eigenvalue weighted by Gasteiger charge is -2.31. The van der Waals surface area contributed by atoms with E-state index in [4.69, 9.17) is 42.6 Å². The van der Waals surface area contributed by atoms with Crippen LogP contribution in [0.3, 0.4) is 0 Å². The molecule has 16 heteroatoms. The van der Waals surface area contributed by atoms with Gasteiger partial charge >= 0.3 is 12.2 Å². The molecule has 2 aliphatic carbocycles. The second-order valence-electron chi connectivity index (χ2n) is 16.8. The lowest BCUT2D eigenvalue weighted by atomic mass is 10.0. The molecular formula is C44H48Cl2N8O6. The Hall–Kier alpha value is -5.52. The van der Waals surface area contributed by atoms with Crippen molar-refractivity contribution in [2.45, 2.75) is 89.6 Å². The molecule has 2 saturated carbocycles. The summed E-state index contributed by atoms with van der Waals surface area (Å²) in [5, 5.41) is 6.18. The van der Waals surface area contributed by atoms with Crippen molar-refractivity contribution >= 4 is 47.2 Å². The molecule has 314 valence electrons. The molecule has 4 heterocycles. The van der Waals surface area contributed by atoms with Crippen LogP contribution in [0.5, 0.6) is 0 Å². The molecule has 0 spiro atoms. The van der Waals surface area contributed by atoms with Gasteiger partial charge in [-0.2, -0.15) is 0 Å². The maximum atomic E-state index is 13.8. The number of H-pyrrole nitrogens is 2. The number of carbonyl (C=O) groups is 4. The van der Waals surface area contributed by atoms with Gasteiger partial charge in [-0.05, 0) is 73.6 Å². The summed E-state index contributed by atoms with van der Waals surface area (Å²) in [7, 11) is 2.56. The van der Waals surface area contributed by atoms with E-state index in [1.54, 1.807) is 0 Å². The SMILES string of the molecule is COC(=O)N[C@H](C(=O)N1[C@@H]2C[C@@H]2C[C@H]1c1nc(-c2ccc(C#Cc3ccc(-c4nc([C@@H]5C[C@H]6C[C@H]6N5C(=O)[C@H](NC(=O)OC)C(C)C)[nH]c4Cl)cc3)cc2)c(Cl)[nH]1)C(C)C. The number of nitrogens with zero attached hydrogens (tertiary/aromatic N) is 4. The number of benzene rings is 2. The Bertz CT molecular complexity index is 2200. The molecule has 0 unspecified atom stereocenters. The van der Waals surface area contributed by atoms with Gasteiger partial charge < -0.3 is 39.9 Å². The van der Waals surface area contributed by atoms with Crippen molar-refractivity contribution in [2.75, 3.05) is 14.2 Å². The number of aromatic nitrogens is 4. The number of fused-ring (bicyclic) bond motifs is 2. The molecular weight excluding hydrogens is 807 g/mol. The van der Waals surface area contributed by atoms with Crippen LogP contribution in [0.2, 0.25) is 10.3 Å². The van der Waals surface area contributed by atoms with Crippen molar-refractivity contribution in [1.29, 1.82) is 0 Å². The highest BCUT2D eigenvalue weighted by atomic mass is 35.5. The number of aromatic amines is 2. The zero-order valence-corrected chi connectivity index (χ0v) is 35.7. The van der Waals surface area contributed by atoms with Crippen molar-refractivity contribution < 1.29 is 28.7 Å². The third kappa shape index (κ3) is 8.05. The van der Waals surface area contributed by atoms with Gasteiger partial charge in [0.2, 0.25) is 11.8 Å². The molecule has 0 bridgehead atoms. The van der Waals surface area contributed by atoms with Crippen molar-refractivity contribution in [3.05, 3.63) is 81.6 Å². The minimum absolute atomic E-state index is 0.112. The van der Waals surface area contributed by atoms with E-state index in [9.17, 15) is 19.2 Å². The number of imidazole rings is 2. The number of hydrogen-bond donors (Lipinski definition) is 4. The van der Waals surface area contributed by atoms with Gasteiger partial charge in [-0.15, -0.1) is 0 Å². The molecule has 60 heavy (non-hydrogen) atoms. The largest absolute Gasteiger partial charge is 0.453 e. The molecule has 4 aromatic rings. The minimum Gasteiger partial charge on any atom is -0.453 e. The third-order valence-corrected chi connectivity index (χ3v) is 12.7. The normalized spacial score (nSPS) is 23.3. The molecule has 2 aliphatic heterocycles. The molecule has 2 aromatic heterocycles. The number of rotatable bonds is 10. The zero-order valence-electron chi connectivity index (χ0n) is 34.2. The van der Waals surface area contributed by atoms with Crippen molar-refractivity contribution in [3.8, 4) is 34.4 Å². The summed E-state index contributed by atoms with van der Waals surface area (Å²) in [5.74, 6) is 7.89. The molecule has 4 amide bonds. The summed E-state index contributed by atoms with van der Waals surface area (Å²) >= 11 is 13.4. The topological polar surface area (TPSA) is 175 Å². The minimum atomic E-state index is -0.722. The van der Waals surface area contributed by atoms with Crippen LogP contribution in [0.1, 0.15) is 88.2 Å². The molecule has 0 radical (unpaired) electrons. The first kappa shape index (κ1) is 41.2. The van der Waals surface area contributed by atoms with Gasteiger partial charge in [0, 0.05) is 34.3 Å². The van der Waals surface area contributed by atoms with Crippen LogP contribution in [0.4, 0.5) is 9.59 Å². The number of ether oxygens (including phenoxy) is 2. The lowest BCUT2D eigenvalue weighted by molar-refractivity contribution is -0.137. The fourth-order valence-electron chi connectivity index (χ4n) is 8.76. The predicted octanol–water partition coefficient (Wildman–Crippen LogP) is 7.26. The summed E-state index contributed by atoms with van der Waals surface area (Å²) in [6, 6.07) is 13.5. The first-order valence-corrected chi connectivity index (χ1v) is 21.1. The molecule has 4 N–H and O–H groups in total. The maximum absolute atomic E-state index is 13.8. The second-order valence-corrected chi connectivity index (χ2v) is 17.6. The van der Waals surface area contributed by atoms with E-state index in [2.05, 4.69) is 32.4 Å². The summed E-state index contributed by atoms with van der Waals surface area (Å²) in [6.45, 7) is 7.58. The van der Waals surface area contributed by atoms with Crippen LogP contribution in [0.25, 0.3) is 22.5 Å². The van der Waals surface area contributed by atoms with Gasteiger partial charge in [-0.3, -0.25) is 9.59 Å². The number of nitrogens with one attached hydrogen (secondary N) is 4. The molecule has 2 aromatic carbocycles. The average molecular weight is 856 g/mol. The Kier molecular flexibility index (Phi) is 11.3. The molecule has 2 saturated heterocycles. The van der Waals surface area contributed by atoms with Gasteiger partial charge in [0.25, 0.3) is 0 Å². The molecule has 8 rings (SSSR count). The average Bonchev–Trinajstić information content (AvgIpc) is 3.95. The van der Waals surface area contributed by atoms with Crippen LogP contribution in [0, 0.1) is 35.5 Å². The first-order chi connectivity index (χ1) is 28.8. The van der Waals surface area contributed by atoms with Crippen LogP contribution in [-0.4, -0.2) is 92.1 Å². The quantitative estimate of drug-likeness (QED) is 0.121. The number of piperidine rings is 2. The predicted molar refractivity (Wildman–Crippen MR) is 225 cm³/mol. The van der Waals surface area contributed by atoms with E-state index >= 15 is 0 Å². The van der Waals surface area contributed by atoms with E-state index in [1.807, 2.05) is 86.0 Å². The number of alkyl carbamates (subject to hydrolysis) is 2. The standard InChI is InChI=1S/C44H48Cl2N8O6/c1-21(2)33(49-43(57)59-5)41(55)53-29-17-27(29)19-31(53)39-47-35(37(45)51-39)25-13-9-23(10-14-25)7-8-24-11-15-26(16-12-24)36-38(46)52-40(48-36)32-20-28-18-30(28)54(32)42(56)34(22(3)4)50-44(58)60-6/h9-16,21-22,27-34H,17-20H2,1-6H3,(H,47,51)(H,48,52)(H,49,57)(H,50,58)/t27-,28-,29-,30-,31+,32+,33-,34+/m1/s1. The fraction of sp³-hybridized carbons (Fsp3) is 0.455. The lowest BCUT2D eigenvalue weighted by Crippen LogP contribution is -2.52. The van der Waals surface area contributed by atoms with Gasteiger partial charge in [-0.25, -0.2) is 19.6 Å². The van der Waals surface area contributed by atoms with Crippen LogP contribution in [-0.2, 0) is 19.1 Å². The summed E-state index contributed by atoms with van der Waals surface area (Å²) in [4.78, 5) is 71.6. The number of hydrogen-bond acceptors (Lipinski definition) is 8. The number of likely N-dealkylation sites (tertiary alicyclic amines) is 2. The number of carbonyl (C=O) groups excluding carboxylic acids is 4. The van der Waals surface area contributed by atoms with E-state index in [0.29, 0.717) is 45.2 Å². The van der Waals surface area contributed by atoms with Crippen LogP contribution in [0.15, 0.2) is 48.5 Å². The zero-order chi connectivity index (χ0) is 42.6. The van der Waals surface area contributed by atoms with Crippen molar-refractivity contribution in [2.24, 2.45) is 23.7 Å². The Morgan fingerprint density at radius 1 is 0.650 bits per heavy atom. The summed E-state index contributed by atoms with van der Waals surface area (Å²) in [6.07, 6.45) is 2.13. The Morgan fingerprint density at radius 2 is 1.02 bits per heavy atom. The highest BCUT2D eigenvalue weighted by Gasteiger charge is 2.57. The number of halogens is 2. The molecule has 4 aliphatic rings. The molecule has 14 nitrogen and oxygen atoms in total. The van der Waals surface area contributed by atoms with Gasteiger partial charge in [-0.1, -0.05) is 87.0 Å². The highest BCUT2D eigenvalue weighted by molar-refractivity contribution is 6.32. The highest BCUT2D eigenvalue weighted by Crippen LogP contribution is 2.55. The Morgan fingerprint density at radius 3 is 1.35 bits per heavy atom. The van der Waals surface area contributed by atoms with E-state index < -0.39 is 24.3 Å². The Balaban J connectivity index is 0.932. The summed E-state index contributed by atoms with van der Waals surface area (Å²) < 4.78 is 9.56. The summed E-state index contributed by atoms with van der Waals surface area (Å²) in [5.41, 5.74) is 4.39.